The van der Waals surface area contributed by atoms with Gasteiger partial charge in [0.15, 0.2) is 0 Å². The Bertz CT molecular complexity index is 482. The highest BCUT2D eigenvalue weighted by Gasteiger charge is 2.31. The van der Waals surface area contributed by atoms with Crippen molar-refractivity contribution < 1.29 is 14.3 Å². The van der Waals surface area contributed by atoms with Gasteiger partial charge in [-0.25, -0.2) is 4.79 Å². The van der Waals surface area contributed by atoms with Crippen LogP contribution in [0.3, 0.4) is 0 Å². The van der Waals surface area contributed by atoms with E-state index in [9.17, 15) is 9.59 Å². The van der Waals surface area contributed by atoms with E-state index < -0.39 is 0 Å². The number of nitrogens with zero attached hydrogens (tertiary/aromatic N) is 2. The Hall–Kier alpha value is -1.88. The SMILES string of the molecule is CCOC(=O)[C@H](c1ccccc1)N1CCN(C(C)=O)CC1. The number of hydrogen-bond donors (Lipinski definition) is 0. The second-order valence-corrected chi connectivity index (χ2v) is 5.11. The summed E-state index contributed by atoms with van der Waals surface area (Å²) in [6.07, 6.45) is 0. The summed E-state index contributed by atoms with van der Waals surface area (Å²) in [4.78, 5) is 27.6. The first-order valence-electron chi connectivity index (χ1n) is 7.34. The Morgan fingerprint density at radius 2 is 1.76 bits per heavy atom. The van der Waals surface area contributed by atoms with Crippen LogP contribution in [-0.2, 0) is 14.3 Å². The fourth-order valence-electron chi connectivity index (χ4n) is 2.65. The number of carbonyl (C=O) groups excluding carboxylic acids is 2. The van der Waals surface area contributed by atoms with E-state index in [0.717, 1.165) is 5.56 Å². The van der Waals surface area contributed by atoms with Crippen molar-refractivity contribution in [3.05, 3.63) is 35.9 Å². The summed E-state index contributed by atoms with van der Waals surface area (Å²) in [6, 6.07) is 9.28. The van der Waals surface area contributed by atoms with Crippen LogP contribution in [0.15, 0.2) is 30.3 Å². The monoisotopic (exact) mass is 290 g/mol. The van der Waals surface area contributed by atoms with Gasteiger partial charge in [0.05, 0.1) is 6.61 Å². The van der Waals surface area contributed by atoms with Gasteiger partial charge in [0, 0.05) is 33.1 Å². The highest BCUT2D eigenvalue weighted by atomic mass is 16.5. The lowest BCUT2D eigenvalue weighted by molar-refractivity contribution is -0.151. The number of benzene rings is 1. The molecule has 0 bridgehead atoms. The van der Waals surface area contributed by atoms with Crippen LogP contribution in [0.1, 0.15) is 25.5 Å². The summed E-state index contributed by atoms with van der Waals surface area (Å²) < 4.78 is 5.22. The normalized spacial score (nSPS) is 17.3. The molecule has 1 aromatic carbocycles. The maximum absolute atomic E-state index is 12.3. The quantitative estimate of drug-likeness (QED) is 0.788. The van der Waals surface area contributed by atoms with Crippen LogP contribution in [0, 0.1) is 0 Å². The minimum Gasteiger partial charge on any atom is -0.465 e. The van der Waals surface area contributed by atoms with E-state index in [4.69, 9.17) is 4.74 Å². The smallest absolute Gasteiger partial charge is 0.328 e. The molecule has 0 radical (unpaired) electrons. The average molecular weight is 290 g/mol. The molecule has 114 valence electrons. The lowest BCUT2D eigenvalue weighted by atomic mass is 10.0. The Morgan fingerprint density at radius 1 is 1.14 bits per heavy atom. The Labute approximate surface area is 125 Å². The largest absolute Gasteiger partial charge is 0.465 e. The van der Waals surface area contributed by atoms with Crippen molar-refractivity contribution >= 4 is 11.9 Å². The fraction of sp³-hybridized carbons (Fsp3) is 0.500. The lowest BCUT2D eigenvalue weighted by Crippen LogP contribution is -2.50. The summed E-state index contributed by atoms with van der Waals surface area (Å²) in [6.45, 7) is 6.42. The molecular formula is C16H22N2O3. The van der Waals surface area contributed by atoms with Gasteiger partial charge in [-0.05, 0) is 12.5 Å². The first-order chi connectivity index (χ1) is 10.1. The van der Waals surface area contributed by atoms with Crippen molar-refractivity contribution in [2.45, 2.75) is 19.9 Å². The Balaban J connectivity index is 2.13. The molecule has 1 heterocycles. The molecule has 5 heteroatoms. The molecule has 0 aliphatic carbocycles. The fourth-order valence-corrected chi connectivity index (χ4v) is 2.65. The van der Waals surface area contributed by atoms with Crippen LogP contribution >= 0.6 is 0 Å². The van der Waals surface area contributed by atoms with Crippen LogP contribution < -0.4 is 0 Å². The third kappa shape index (κ3) is 3.82. The van der Waals surface area contributed by atoms with Crippen molar-refractivity contribution in [1.82, 2.24) is 9.80 Å². The number of ether oxygens (including phenoxy) is 1. The summed E-state index contributed by atoms with van der Waals surface area (Å²) in [7, 11) is 0. The zero-order valence-corrected chi connectivity index (χ0v) is 12.6. The molecule has 1 amide bonds. The molecular weight excluding hydrogens is 268 g/mol. The van der Waals surface area contributed by atoms with Crippen molar-refractivity contribution in [3.63, 3.8) is 0 Å². The molecule has 1 atom stereocenters. The minimum absolute atomic E-state index is 0.0852. The third-order valence-electron chi connectivity index (χ3n) is 3.75. The average Bonchev–Trinajstić information content (AvgIpc) is 2.49. The van der Waals surface area contributed by atoms with Crippen LogP contribution in [0.25, 0.3) is 0 Å². The van der Waals surface area contributed by atoms with Crippen molar-refractivity contribution in [2.75, 3.05) is 32.8 Å². The molecule has 2 rings (SSSR count). The summed E-state index contributed by atoms with van der Waals surface area (Å²) >= 11 is 0. The molecule has 0 N–H and O–H groups in total. The van der Waals surface area contributed by atoms with Gasteiger partial charge in [-0.1, -0.05) is 30.3 Å². The third-order valence-corrected chi connectivity index (χ3v) is 3.75. The number of piperazine rings is 1. The maximum Gasteiger partial charge on any atom is 0.328 e. The number of rotatable bonds is 4. The van der Waals surface area contributed by atoms with Gasteiger partial charge in [0.2, 0.25) is 5.91 Å². The molecule has 0 aromatic heterocycles. The van der Waals surface area contributed by atoms with E-state index in [1.165, 1.54) is 0 Å². The van der Waals surface area contributed by atoms with Gasteiger partial charge < -0.3 is 9.64 Å². The van der Waals surface area contributed by atoms with E-state index in [-0.39, 0.29) is 17.9 Å². The topological polar surface area (TPSA) is 49.9 Å². The highest BCUT2D eigenvalue weighted by molar-refractivity contribution is 5.78. The van der Waals surface area contributed by atoms with Crippen LogP contribution in [0.2, 0.25) is 0 Å². The molecule has 1 saturated heterocycles. The molecule has 5 nitrogen and oxygen atoms in total. The Kier molecular flexibility index (Phi) is 5.33. The van der Waals surface area contributed by atoms with E-state index in [1.807, 2.05) is 42.2 Å². The van der Waals surface area contributed by atoms with E-state index in [1.54, 1.807) is 6.92 Å². The van der Waals surface area contributed by atoms with Gasteiger partial charge in [-0.15, -0.1) is 0 Å². The summed E-state index contributed by atoms with van der Waals surface area (Å²) in [5.41, 5.74) is 0.937. The van der Waals surface area contributed by atoms with Crippen LogP contribution in [-0.4, -0.2) is 54.5 Å². The van der Waals surface area contributed by atoms with Crippen molar-refractivity contribution in [2.24, 2.45) is 0 Å². The molecule has 1 aromatic rings. The number of carbonyl (C=O) groups is 2. The van der Waals surface area contributed by atoms with Crippen molar-refractivity contribution in [1.29, 1.82) is 0 Å². The minimum atomic E-state index is -0.389. The second kappa shape index (κ2) is 7.22. The van der Waals surface area contributed by atoms with E-state index in [0.29, 0.717) is 32.8 Å². The molecule has 21 heavy (non-hydrogen) atoms. The predicted molar refractivity (Wildman–Crippen MR) is 79.6 cm³/mol. The predicted octanol–water partition coefficient (Wildman–Crippen LogP) is 1.45. The summed E-state index contributed by atoms with van der Waals surface area (Å²) in [5.74, 6) is -0.137. The van der Waals surface area contributed by atoms with Crippen molar-refractivity contribution in [3.8, 4) is 0 Å². The molecule has 1 aliphatic rings. The first kappa shape index (κ1) is 15.5. The molecule has 0 spiro atoms. The van der Waals surface area contributed by atoms with Crippen LogP contribution in [0.4, 0.5) is 0 Å². The van der Waals surface area contributed by atoms with Crippen LogP contribution in [0.5, 0.6) is 0 Å². The lowest BCUT2D eigenvalue weighted by Gasteiger charge is -2.38. The zero-order chi connectivity index (χ0) is 15.2. The van der Waals surface area contributed by atoms with Gasteiger partial charge in [0.1, 0.15) is 6.04 Å². The molecule has 0 unspecified atom stereocenters. The summed E-state index contributed by atoms with van der Waals surface area (Å²) in [5, 5.41) is 0. The molecule has 1 aliphatic heterocycles. The number of esters is 1. The van der Waals surface area contributed by atoms with Gasteiger partial charge in [0.25, 0.3) is 0 Å². The van der Waals surface area contributed by atoms with Gasteiger partial charge in [-0.2, -0.15) is 0 Å². The van der Waals surface area contributed by atoms with E-state index in [2.05, 4.69) is 4.90 Å². The molecule has 1 fully saturated rings. The van der Waals surface area contributed by atoms with Gasteiger partial charge >= 0.3 is 5.97 Å². The second-order valence-electron chi connectivity index (χ2n) is 5.11. The standard InChI is InChI=1S/C16H22N2O3/c1-3-21-16(20)15(14-7-5-4-6-8-14)18-11-9-17(10-12-18)13(2)19/h4-8,15H,3,9-12H2,1-2H3/t15-/m0/s1. The molecule has 0 saturated carbocycles. The van der Waals surface area contributed by atoms with Gasteiger partial charge in [-0.3, -0.25) is 9.69 Å². The number of hydrogen-bond acceptors (Lipinski definition) is 4. The highest BCUT2D eigenvalue weighted by Crippen LogP contribution is 2.23. The number of amides is 1. The Morgan fingerprint density at radius 3 is 2.29 bits per heavy atom. The maximum atomic E-state index is 12.3. The first-order valence-corrected chi connectivity index (χ1v) is 7.34. The zero-order valence-electron chi connectivity index (χ0n) is 12.6. The van der Waals surface area contributed by atoms with E-state index >= 15 is 0 Å².